The first-order valence-corrected chi connectivity index (χ1v) is 3.47. The molecule has 0 radical (unpaired) electrons. The molecule has 0 saturated carbocycles. The molecule has 12 heavy (non-hydrogen) atoms. The van der Waals surface area contributed by atoms with Crippen LogP contribution in [0.5, 0.6) is 11.5 Å². The standard InChI is InChI=1S/C6H6O2.C3H6O/c7-5-1-2-6(8)4-3-5;1-3(2)4/h1-4,7-8H;1-2H3. The summed E-state index contributed by atoms with van der Waals surface area (Å²) in [4.78, 5) is 9.44. The molecule has 0 heterocycles. The van der Waals surface area contributed by atoms with Gasteiger partial charge in [-0.15, -0.1) is 0 Å². The molecule has 3 nitrogen and oxygen atoms in total. The predicted octanol–water partition coefficient (Wildman–Crippen LogP) is 1.69. The molecule has 0 amide bonds. The van der Waals surface area contributed by atoms with Gasteiger partial charge in [0.15, 0.2) is 0 Å². The monoisotopic (exact) mass is 168 g/mol. The van der Waals surface area contributed by atoms with E-state index in [1.807, 2.05) is 0 Å². The molecule has 0 atom stereocenters. The summed E-state index contributed by atoms with van der Waals surface area (Å²) >= 11 is 0. The highest BCUT2D eigenvalue weighted by Crippen LogP contribution is 2.13. The van der Waals surface area contributed by atoms with Crippen LogP contribution >= 0.6 is 0 Å². The lowest BCUT2D eigenvalue weighted by Gasteiger charge is -1.88. The van der Waals surface area contributed by atoms with Crippen LogP contribution in [0.2, 0.25) is 0 Å². The van der Waals surface area contributed by atoms with E-state index in [1.165, 1.54) is 38.1 Å². The van der Waals surface area contributed by atoms with Crippen LogP contribution < -0.4 is 0 Å². The molecule has 0 saturated heterocycles. The lowest BCUT2D eigenvalue weighted by molar-refractivity contribution is -0.114. The fraction of sp³-hybridized carbons (Fsp3) is 0.222. The van der Waals surface area contributed by atoms with E-state index < -0.39 is 0 Å². The molecule has 2 N–H and O–H groups in total. The molecule has 3 heteroatoms. The van der Waals surface area contributed by atoms with Crippen molar-refractivity contribution in [1.82, 2.24) is 0 Å². The first kappa shape index (κ1) is 10.5. The third kappa shape index (κ3) is 6.61. The number of phenols is 2. The van der Waals surface area contributed by atoms with Gasteiger partial charge in [-0.05, 0) is 38.1 Å². The summed E-state index contributed by atoms with van der Waals surface area (Å²) in [6.07, 6.45) is 0. The van der Waals surface area contributed by atoms with Crippen molar-refractivity contribution in [3.05, 3.63) is 24.3 Å². The van der Waals surface area contributed by atoms with Gasteiger partial charge >= 0.3 is 0 Å². The predicted molar refractivity (Wildman–Crippen MR) is 46.1 cm³/mol. The largest absolute Gasteiger partial charge is 0.508 e. The number of hydrogen-bond donors (Lipinski definition) is 2. The van der Waals surface area contributed by atoms with E-state index in [2.05, 4.69) is 0 Å². The average molecular weight is 168 g/mol. The van der Waals surface area contributed by atoms with E-state index in [0.29, 0.717) is 0 Å². The van der Waals surface area contributed by atoms with Crippen LogP contribution in [-0.2, 0) is 4.79 Å². The SMILES string of the molecule is CC(C)=O.Oc1ccc(O)cc1. The van der Waals surface area contributed by atoms with Gasteiger partial charge in [-0.1, -0.05) is 0 Å². The maximum atomic E-state index is 9.44. The van der Waals surface area contributed by atoms with E-state index in [4.69, 9.17) is 10.2 Å². The number of Topliss-reactive ketones (excluding diaryl/α,β-unsaturated/α-hetero) is 1. The lowest BCUT2D eigenvalue weighted by atomic mass is 10.3. The van der Waals surface area contributed by atoms with Crippen LogP contribution in [0.15, 0.2) is 24.3 Å². The number of benzene rings is 1. The Morgan fingerprint density at radius 1 is 1.00 bits per heavy atom. The van der Waals surface area contributed by atoms with E-state index in [-0.39, 0.29) is 17.3 Å². The number of hydrogen-bond acceptors (Lipinski definition) is 3. The summed E-state index contributed by atoms with van der Waals surface area (Å²) in [7, 11) is 0. The molecule has 0 aliphatic rings. The quantitative estimate of drug-likeness (QED) is 0.579. The van der Waals surface area contributed by atoms with Crippen molar-refractivity contribution in [2.24, 2.45) is 0 Å². The Morgan fingerprint density at radius 3 is 1.33 bits per heavy atom. The van der Waals surface area contributed by atoms with Gasteiger partial charge in [0.1, 0.15) is 17.3 Å². The highest BCUT2D eigenvalue weighted by Gasteiger charge is 1.84. The van der Waals surface area contributed by atoms with Gasteiger partial charge in [-0.2, -0.15) is 0 Å². The van der Waals surface area contributed by atoms with Gasteiger partial charge in [-0.25, -0.2) is 0 Å². The topological polar surface area (TPSA) is 57.5 Å². The molecule has 0 unspecified atom stereocenters. The number of ketones is 1. The summed E-state index contributed by atoms with van der Waals surface area (Å²) in [6, 6.07) is 5.70. The van der Waals surface area contributed by atoms with Crippen molar-refractivity contribution < 1.29 is 15.0 Å². The van der Waals surface area contributed by atoms with Gasteiger partial charge in [0.05, 0.1) is 0 Å². The number of rotatable bonds is 0. The summed E-state index contributed by atoms with van der Waals surface area (Å²) in [6.45, 7) is 3.06. The van der Waals surface area contributed by atoms with E-state index in [9.17, 15) is 4.79 Å². The normalized spacial score (nSPS) is 8.17. The molecule has 0 bridgehead atoms. The molecular weight excluding hydrogens is 156 g/mol. The molecule has 1 aromatic carbocycles. The van der Waals surface area contributed by atoms with E-state index >= 15 is 0 Å². The van der Waals surface area contributed by atoms with E-state index in [1.54, 1.807) is 0 Å². The Balaban J connectivity index is 0.000000261. The second-order valence-electron chi connectivity index (χ2n) is 2.42. The van der Waals surface area contributed by atoms with Crippen molar-refractivity contribution >= 4 is 5.78 Å². The molecular formula is C9H12O3. The molecule has 66 valence electrons. The van der Waals surface area contributed by atoms with Gasteiger partial charge in [-0.3, -0.25) is 0 Å². The van der Waals surface area contributed by atoms with E-state index in [0.717, 1.165) is 0 Å². The number of carbonyl (C=O) groups is 1. The van der Waals surface area contributed by atoms with Crippen LogP contribution in [0.1, 0.15) is 13.8 Å². The first-order chi connectivity index (χ1) is 5.52. The summed E-state index contributed by atoms with van der Waals surface area (Å²) in [5.41, 5.74) is 0. The molecule has 1 aromatic rings. The minimum atomic E-state index is 0.167. The van der Waals surface area contributed by atoms with Gasteiger partial charge in [0, 0.05) is 0 Å². The Morgan fingerprint density at radius 2 is 1.17 bits per heavy atom. The van der Waals surface area contributed by atoms with Crippen LogP contribution in [0, 0.1) is 0 Å². The molecule has 0 aromatic heterocycles. The van der Waals surface area contributed by atoms with Crippen molar-refractivity contribution in [3.63, 3.8) is 0 Å². The number of phenolic OH excluding ortho intramolecular Hbond substituents is 2. The van der Waals surface area contributed by atoms with Crippen molar-refractivity contribution in [3.8, 4) is 11.5 Å². The summed E-state index contributed by atoms with van der Waals surface area (Å²) in [5, 5.41) is 17.3. The average Bonchev–Trinajstić information content (AvgIpc) is 1.94. The molecule has 0 spiro atoms. The number of aromatic hydroxyl groups is 2. The highest BCUT2D eigenvalue weighted by molar-refractivity contribution is 5.72. The van der Waals surface area contributed by atoms with Gasteiger partial charge in [0.2, 0.25) is 0 Å². The Kier molecular flexibility index (Phi) is 4.53. The molecule has 0 fully saturated rings. The maximum Gasteiger partial charge on any atom is 0.126 e. The second kappa shape index (κ2) is 5.18. The first-order valence-electron chi connectivity index (χ1n) is 3.47. The third-order valence-corrected chi connectivity index (χ3v) is 0.850. The van der Waals surface area contributed by atoms with Crippen molar-refractivity contribution in [2.45, 2.75) is 13.8 Å². The zero-order valence-electron chi connectivity index (χ0n) is 7.11. The van der Waals surface area contributed by atoms with Crippen LogP contribution in [0.3, 0.4) is 0 Å². The highest BCUT2D eigenvalue weighted by atomic mass is 16.3. The van der Waals surface area contributed by atoms with Gasteiger partial charge < -0.3 is 15.0 Å². The van der Waals surface area contributed by atoms with Crippen LogP contribution in [-0.4, -0.2) is 16.0 Å². The zero-order chi connectivity index (χ0) is 9.56. The smallest absolute Gasteiger partial charge is 0.126 e. The maximum absolute atomic E-state index is 9.44. The summed E-state index contributed by atoms with van der Waals surface area (Å²) in [5.74, 6) is 0.505. The van der Waals surface area contributed by atoms with Crippen molar-refractivity contribution in [2.75, 3.05) is 0 Å². The molecule has 1 rings (SSSR count). The lowest BCUT2D eigenvalue weighted by Crippen LogP contribution is -1.69. The minimum absolute atomic E-state index is 0.167. The third-order valence-electron chi connectivity index (χ3n) is 0.850. The minimum Gasteiger partial charge on any atom is -0.508 e. The van der Waals surface area contributed by atoms with Crippen molar-refractivity contribution in [1.29, 1.82) is 0 Å². The molecule has 0 aliphatic heterocycles. The number of carbonyl (C=O) groups excluding carboxylic acids is 1. The Labute approximate surface area is 71.3 Å². The fourth-order valence-corrected chi connectivity index (χ4v) is 0.453. The van der Waals surface area contributed by atoms with Crippen LogP contribution in [0.4, 0.5) is 0 Å². The summed E-state index contributed by atoms with van der Waals surface area (Å²) < 4.78 is 0. The zero-order valence-corrected chi connectivity index (χ0v) is 7.11. The molecule has 0 aliphatic carbocycles. The Bertz CT molecular complexity index is 213. The fourth-order valence-electron chi connectivity index (χ4n) is 0.453. The Hall–Kier alpha value is -1.51. The van der Waals surface area contributed by atoms with Crippen LogP contribution in [0.25, 0.3) is 0 Å². The van der Waals surface area contributed by atoms with Gasteiger partial charge in [0.25, 0.3) is 0 Å². The second-order valence-corrected chi connectivity index (χ2v) is 2.42.